The molecule has 3 nitrogen and oxygen atoms in total. The number of halogens is 3. The SMILES string of the molecule is CN=C(NCCC(F)(F)F)NCC1(c2cccs2)CCCCC1. The Bertz CT molecular complexity index is 491. The van der Waals surface area contributed by atoms with Crippen molar-refractivity contribution >= 4 is 17.3 Å². The molecule has 130 valence electrons. The smallest absolute Gasteiger partial charge is 0.356 e. The van der Waals surface area contributed by atoms with Crippen molar-refractivity contribution in [1.29, 1.82) is 0 Å². The Labute approximate surface area is 139 Å². The van der Waals surface area contributed by atoms with Crippen LogP contribution in [0.15, 0.2) is 22.5 Å². The molecule has 1 aliphatic rings. The number of guanidine groups is 1. The first-order valence-corrected chi connectivity index (χ1v) is 8.88. The minimum atomic E-state index is -4.15. The van der Waals surface area contributed by atoms with Gasteiger partial charge in [0.25, 0.3) is 0 Å². The van der Waals surface area contributed by atoms with Crippen LogP contribution in [0.4, 0.5) is 13.2 Å². The Morgan fingerprint density at radius 3 is 2.57 bits per heavy atom. The van der Waals surface area contributed by atoms with E-state index in [1.165, 1.54) is 24.1 Å². The lowest BCUT2D eigenvalue weighted by molar-refractivity contribution is -0.132. The molecule has 0 aromatic carbocycles. The van der Waals surface area contributed by atoms with Gasteiger partial charge in [-0.15, -0.1) is 11.3 Å². The molecule has 1 fully saturated rings. The largest absolute Gasteiger partial charge is 0.390 e. The van der Waals surface area contributed by atoms with Crippen LogP contribution >= 0.6 is 11.3 Å². The second kappa shape index (κ2) is 8.04. The Morgan fingerprint density at radius 1 is 1.26 bits per heavy atom. The highest BCUT2D eigenvalue weighted by Crippen LogP contribution is 2.41. The first-order valence-electron chi connectivity index (χ1n) is 8.00. The topological polar surface area (TPSA) is 36.4 Å². The molecular formula is C16H24F3N3S. The second-order valence-corrected chi connectivity index (χ2v) is 6.98. The van der Waals surface area contributed by atoms with Gasteiger partial charge in [0, 0.05) is 30.4 Å². The monoisotopic (exact) mass is 347 g/mol. The molecule has 2 N–H and O–H groups in total. The standard InChI is InChI=1S/C16H24F3N3S/c1-20-14(21-10-9-16(17,18)19)22-12-15(7-3-2-4-8-15)13-6-5-11-23-13/h5-6,11H,2-4,7-10,12H2,1H3,(H2,20,21,22). The zero-order valence-corrected chi connectivity index (χ0v) is 14.2. The summed E-state index contributed by atoms with van der Waals surface area (Å²) in [5.41, 5.74) is 0.0774. The van der Waals surface area contributed by atoms with Gasteiger partial charge in [0.2, 0.25) is 0 Å². The van der Waals surface area contributed by atoms with Gasteiger partial charge in [-0.05, 0) is 24.3 Å². The summed E-state index contributed by atoms with van der Waals surface area (Å²) in [4.78, 5) is 5.39. The van der Waals surface area contributed by atoms with Crippen LogP contribution in [0.25, 0.3) is 0 Å². The predicted molar refractivity (Wildman–Crippen MR) is 89.1 cm³/mol. The third-order valence-electron chi connectivity index (χ3n) is 4.37. The van der Waals surface area contributed by atoms with Crippen LogP contribution in [-0.2, 0) is 5.41 Å². The Hall–Kier alpha value is -1.24. The highest BCUT2D eigenvalue weighted by molar-refractivity contribution is 7.10. The molecule has 1 aromatic heterocycles. The molecule has 0 atom stereocenters. The fourth-order valence-corrected chi connectivity index (χ4v) is 4.10. The van der Waals surface area contributed by atoms with E-state index < -0.39 is 12.6 Å². The van der Waals surface area contributed by atoms with E-state index in [1.807, 2.05) is 0 Å². The van der Waals surface area contributed by atoms with Crippen LogP contribution in [0.5, 0.6) is 0 Å². The molecule has 2 rings (SSSR count). The van der Waals surface area contributed by atoms with E-state index in [-0.39, 0.29) is 12.0 Å². The van der Waals surface area contributed by atoms with Gasteiger partial charge in [0.1, 0.15) is 0 Å². The third kappa shape index (κ3) is 5.41. The summed E-state index contributed by atoms with van der Waals surface area (Å²) in [5, 5.41) is 8.07. The van der Waals surface area contributed by atoms with Crippen molar-refractivity contribution in [3.05, 3.63) is 22.4 Å². The summed E-state index contributed by atoms with van der Waals surface area (Å²) in [6.07, 6.45) is 0.863. The average molecular weight is 347 g/mol. The highest BCUT2D eigenvalue weighted by Gasteiger charge is 2.35. The molecule has 0 aliphatic heterocycles. The van der Waals surface area contributed by atoms with Gasteiger partial charge in [0.15, 0.2) is 5.96 Å². The molecule has 1 heterocycles. The summed E-state index contributed by atoms with van der Waals surface area (Å²) in [6, 6.07) is 4.23. The lowest BCUT2D eigenvalue weighted by Crippen LogP contribution is -2.46. The van der Waals surface area contributed by atoms with Crippen molar-refractivity contribution in [2.75, 3.05) is 20.1 Å². The highest BCUT2D eigenvalue weighted by atomic mass is 32.1. The zero-order chi connectivity index (χ0) is 16.8. The van der Waals surface area contributed by atoms with Crippen LogP contribution < -0.4 is 10.6 Å². The van der Waals surface area contributed by atoms with E-state index >= 15 is 0 Å². The molecule has 7 heteroatoms. The van der Waals surface area contributed by atoms with Gasteiger partial charge in [-0.25, -0.2) is 0 Å². The quantitative estimate of drug-likeness (QED) is 0.622. The third-order valence-corrected chi connectivity index (χ3v) is 5.49. The minimum Gasteiger partial charge on any atom is -0.356 e. The Morgan fingerprint density at radius 2 is 2.00 bits per heavy atom. The molecule has 1 aliphatic carbocycles. The van der Waals surface area contributed by atoms with Crippen LogP contribution in [0.3, 0.4) is 0 Å². The van der Waals surface area contributed by atoms with E-state index in [9.17, 15) is 13.2 Å². The maximum Gasteiger partial charge on any atom is 0.390 e. The van der Waals surface area contributed by atoms with Crippen LogP contribution in [0, 0.1) is 0 Å². The molecule has 0 spiro atoms. The Kier molecular flexibility index (Phi) is 6.33. The van der Waals surface area contributed by atoms with Gasteiger partial charge in [0.05, 0.1) is 6.42 Å². The molecule has 0 saturated heterocycles. The first kappa shape index (κ1) is 18.1. The number of nitrogens with zero attached hydrogens (tertiary/aromatic N) is 1. The minimum absolute atomic E-state index is 0.0774. The lowest BCUT2D eigenvalue weighted by atomic mass is 9.73. The number of rotatable bonds is 5. The fourth-order valence-electron chi connectivity index (χ4n) is 3.12. The predicted octanol–water partition coefficient (Wildman–Crippen LogP) is 4.07. The summed E-state index contributed by atoms with van der Waals surface area (Å²) in [5.74, 6) is 0.441. The van der Waals surface area contributed by atoms with E-state index in [0.717, 1.165) is 12.8 Å². The van der Waals surface area contributed by atoms with Crippen LogP contribution in [-0.4, -0.2) is 32.3 Å². The van der Waals surface area contributed by atoms with Crippen molar-refractivity contribution in [2.24, 2.45) is 4.99 Å². The molecule has 0 bridgehead atoms. The van der Waals surface area contributed by atoms with E-state index in [4.69, 9.17) is 0 Å². The molecule has 0 radical (unpaired) electrons. The number of alkyl halides is 3. The van der Waals surface area contributed by atoms with E-state index in [2.05, 4.69) is 33.1 Å². The molecule has 23 heavy (non-hydrogen) atoms. The van der Waals surface area contributed by atoms with Gasteiger partial charge in [-0.2, -0.15) is 13.2 Å². The second-order valence-electron chi connectivity index (χ2n) is 6.04. The fraction of sp³-hybridized carbons (Fsp3) is 0.688. The van der Waals surface area contributed by atoms with Crippen molar-refractivity contribution in [1.82, 2.24) is 10.6 Å². The first-order chi connectivity index (χ1) is 11.0. The maximum atomic E-state index is 12.2. The van der Waals surface area contributed by atoms with Gasteiger partial charge in [-0.1, -0.05) is 25.3 Å². The number of nitrogens with one attached hydrogen (secondary N) is 2. The summed E-state index contributed by atoms with van der Waals surface area (Å²) in [7, 11) is 1.58. The van der Waals surface area contributed by atoms with E-state index in [0.29, 0.717) is 12.5 Å². The van der Waals surface area contributed by atoms with Gasteiger partial charge in [-0.3, -0.25) is 4.99 Å². The normalized spacial score (nSPS) is 18.7. The summed E-state index contributed by atoms with van der Waals surface area (Å²) >= 11 is 1.76. The number of hydrogen-bond acceptors (Lipinski definition) is 2. The van der Waals surface area contributed by atoms with Crippen molar-refractivity contribution in [2.45, 2.75) is 50.1 Å². The van der Waals surface area contributed by atoms with Gasteiger partial charge < -0.3 is 10.6 Å². The Balaban J connectivity index is 1.92. The van der Waals surface area contributed by atoms with Gasteiger partial charge >= 0.3 is 6.18 Å². The number of aliphatic imine (C=N–C) groups is 1. The molecular weight excluding hydrogens is 323 g/mol. The summed E-state index contributed by atoms with van der Waals surface area (Å²) in [6.45, 7) is 0.550. The average Bonchev–Trinajstić information content (AvgIpc) is 3.05. The van der Waals surface area contributed by atoms with Crippen molar-refractivity contribution in [3.8, 4) is 0 Å². The van der Waals surface area contributed by atoms with Crippen LogP contribution in [0.2, 0.25) is 0 Å². The van der Waals surface area contributed by atoms with E-state index in [1.54, 1.807) is 18.4 Å². The summed E-state index contributed by atoms with van der Waals surface area (Å²) < 4.78 is 36.7. The van der Waals surface area contributed by atoms with Crippen molar-refractivity contribution in [3.63, 3.8) is 0 Å². The molecule has 1 aromatic rings. The van der Waals surface area contributed by atoms with Crippen LogP contribution in [0.1, 0.15) is 43.4 Å². The maximum absolute atomic E-state index is 12.2. The lowest BCUT2D eigenvalue weighted by Gasteiger charge is -2.37. The van der Waals surface area contributed by atoms with Crippen molar-refractivity contribution < 1.29 is 13.2 Å². The number of hydrogen-bond donors (Lipinski definition) is 2. The zero-order valence-electron chi connectivity index (χ0n) is 13.4. The molecule has 0 amide bonds. The molecule has 1 saturated carbocycles. The molecule has 0 unspecified atom stereocenters. The number of thiophene rings is 1.